The normalized spacial score (nSPS) is 22.9. The molecule has 0 saturated heterocycles. The van der Waals surface area contributed by atoms with Gasteiger partial charge < -0.3 is 5.32 Å². The van der Waals surface area contributed by atoms with Crippen molar-refractivity contribution in [2.24, 2.45) is 5.92 Å². The van der Waals surface area contributed by atoms with Gasteiger partial charge in [0, 0.05) is 16.7 Å². The van der Waals surface area contributed by atoms with Crippen molar-refractivity contribution in [3.63, 3.8) is 0 Å². The van der Waals surface area contributed by atoms with E-state index in [0.29, 0.717) is 23.7 Å². The lowest BCUT2D eigenvalue weighted by Crippen LogP contribution is -2.47. The molecule has 21 heavy (non-hydrogen) atoms. The lowest BCUT2D eigenvalue weighted by Gasteiger charge is -2.33. The van der Waals surface area contributed by atoms with Crippen molar-refractivity contribution in [1.82, 2.24) is 10.3 Å². The van der Waals surface area contributed by atoms with Crippen LogP contribution in [0.2, 0.25) is 5.15 Å². The average molecular weight is 386 g/mol. The van der Waals surface area contributed by atoms with E-state index in [4.69, 9.17) is 11.6 Å². The predicted molar refractivity (Wildman–Crippen MR) is 76.2 cm³/mol. The molecule has 1 saturated carbocycles. The molecule has 1 heterocycles. The molecule has 0 bridgehead atoms. The van der Waals surface area contributed by atoms with Crippen LogP contribution in [0.1, 0.15) is 36.0 Å². The Morgan fingerprint density at radius 3 is 2.71 bits per heavy atom. The third-order valence-corrected chi connectivity index (χ3v) is 4.29. The second kappa shape index (κ2) is 6.52. The van der Waals surface area contributed by atoms with Crippen LogP contribution in [0.3, 0.4) is 0 Å². The Bertz CT molecular complexity index is 539. The summed E-state index contributed by atoms with van der Waals surface area (Å²) in [6, 6.07) is 0.525. The van der Waals surface area contributed by atoms with E-state index < -0.39 is 24.0 Å². The first-order valence-electron chi connectivity index (χ1n) is 6.47. The molecule has 1 N–H and O–H groups in total. The van der Waals surface area contributed by atoms with Crippen LogP contribution >= 0.6 is 27.5 Å². The minimum atomic E-state index is -4.31. The average Bonchev–Trinajstić information content (AvgIpc) is 2.41. The van der Waals surface area contributed by atoms with Crippen LogP contribution in [0.4, 0.5) is 13.2 Å². The lowest BCUT2D eigenvalue weighted by molar-refractivity contribution is -0.187. The fourth-order valence-electron chi connectivity index (χ4n) is 2.52. The second-order valence-corrected chi connectivity index (χ2v) is 6.28. The maximum Gasteiger partial charge on any atom is 0.393 e. The highest BCUT2D eigenvalue weighted by atomic mass is 79.9. The number of nitrogens with zero attached hydrogens (tertiary/aromatic N) is 1. The Morgan fingerprint density at radius 2 is 2.05 bits per heavy atom. The summed E-state index contributed by atoms with van der Waals surface area (Å²) in [6.45, 7) is 0. The number of alkyl halides is 3. The Balaban J connectivity index is 2.15. The Kier molecular flexibility index (Phi) is 5.14. The van der Waals surface area contributed by atoms with Gasteiger partial charge in [-0.2, -0.15) is 13.2 Å². The van der Waals surface area contributed by atoms with Crippen LogP contribution in [0.5, 0.6) is 0 Å². The molecule has 1 aromatic rings. The molecular formula is C13H13BrClF3N2O. The highest BCUT2D eigenvalue weighted by molar-refractivity contribution is 9.10. The summed E-state index contributed by atoms with van der Waals surface area (Å²) in [5.41, 5.74) is 0.0672. The van der Waals surface area contributed by atoms with E-state index in [1.165, 1.54) is 12.3 Å². The van der Waals surface area contributed by atoms with Gasteiger partial charge in [-0.05, 0) is 34.8 Å². The zero-order valence-corrected chi connectivity index (χ0v) is 13.2. The molecule has 116 valence electrons. The molecule has 0 radical (unpaired) electrons. The molecule has 3 nitrogen and oxygen atoms in total. The molecule has 2 rings (SSSR count). The van der Waals surface area contributed by atoms with E-state index in [2.05, 4.69) is 26.2 Å². The maximum absolute atomic E-state index is 13.0. The second-order valence-electron chi connectivity index (χ2n) is 5.00. The molecule has 8 heteroatoms. The van der Waals surface area contributed by atoms with Crippen LogP contribution in [-0.4, -0.2) is 23.1 Å². The van der Waals surface area contributed by atoms with E-state index >= 15 is 0 Å². The summed E-state index contributed by atoms with van der Waals surface area (Å²) in [7, 11) is 0. The summed E-state index contributed by atoms with van der Waals surface area (Å²) >= 11 is 8.97. The first kappa shape index (κ1) is 16.5. The van der Waals surface area contributed by atoms with E-state index in [1.54, 1.807) is 0 Å². The first-order chi connectivity index (χ1) is 9.79. The molecule has 1 aliphatic carbocycles. The van der Waals surface area contributed by atoms with Crippen LogP contribution in [0.15, 0.2) is 16.7 Å². The van der Waals surface area contributed by atoms with Gasteiger partial charge in [-0.3, -0.25) is 4.79 Å². The molecule has 2 atom stereocenters. The van der Waals surface area contributed by atoms with Crippen LogP contribution in [0.25, 0.3) is 0 Å². The number of rotatable bonds is 2. The monoisotopic (exact) mass is 384 g/mol. The van der Waals surface area contributed by atoms with Gasteiger partial charge in [0.25, 0.3) is 5.91 Å². The third-order valence-electron chi connectivity index (χ3n) is 3.55. The largest absolute Gasteiger partial charge is 0.393 e. The number of carbonyl (C=O) groups excluding carboxylic acids is 1. The molecule has 0 spiro atoms. The maximum atomic E-state index is 13.0. The number of aromatic nitrogens is 1. The number of pyridine rings is 1. The highest BCUT2D eigenvalue weighted by Crippen LogP contribution is 2.37. The molecule has 1 amide bonds. The van der Waals surface area contributed by atoms with E-state index in [9.17, 15) is 18.0 Å². The van der Waals surface area contributed by atoms with Gasteiger partial charge >= 0.3 is 6.18 Å². The first-order valence-corrected chi connectivity index (χ1v) is 7.65. The number of hydrogen-bond acceptors (Lipinski definition) is 2. The SMILES string of the molecule is O=C(NC1CCCCC1C(F)(F)F)c1cc(Br)cnc1Cl. The molecular weight excluding hydrogens is 373 g/mol. The minimum absolute atomic E-state index is 0.0323. The molecule has 1 fully saturated rings. The van der Waals surface area contributed by atoms with Crippen molar-refractivity contribution in [3.05, 3.63) is 27.5 Å². The van der Waals surface area contributed by atoms with Gasteiger partial charge in [-0.15, -0.1) is 0 Å². The molecule has 2 unspecified atom stereocenters. The summed E-state index contributed by atoms with van der Waals surface area (Å²) in [6.07, 6.45) is -1.35. The minimum Gasteiger partial charge on any atom is -0.349 e. The van der Waals surface area contributed by atoms with E-state index in [1.807, 2.05) is 0 Å². The smallest absolute Gasteiger partial charge is 0.349 e. The van der Waals surface area contributed by atoms with Gasteiger partial charge in [0.2, 0.25) is 0 Å². The number of carbonyl (C=O) groups is 1. The van der Waals surface area contributed by atoms with Crippen LogP contribution in [0, 0.1) is 5.92 Å². The summed E-state index contributed by atoms with van der Waals surface area (Å²) in [5.74, 6) is -2.14. The Morgan fingerprint density at radius 1 is 1.38 bits per heavy atom. The number of halogens is 5. The third kappa shape index (κ3) is 4.10. The highest BCUT2D eigenvalue weighted by Gasteiger charge is 2.46. The standard InChI is InChI=1S/C13H13BrClF3N2O/c14-7-5-8(11(15)19-6-7)12(21)20-10-4-2-1-3-9(10)13(16,17)18/h5-6,9-10H,1-4H2,(H,20,21). The van der Waals surface area contributed by atoms with E-state index in [0.717, 1.165) is 0 Å². The zero-order chi connectivity index (χ0) is 15.6. The topological polar surface area (TPSA) is 42.0 Å². The molecule has 1 aromatic heterocycles. The number of hydrogen-bond donors (Lipinski definition) is 1. The quantitative estimate of drug-likeness (QED) is 0.769. The number of nitrogens with one attached hydrogen (secondary N) is 1. The predicted octanol–water partition coefficient (Wildman–Crippen LogP) is 4.35. The van der Waals surface area contributed by atoms with Gasteiger partial charge in [0.15, 0.2) is 0 Å². The summed E-state index contributed by atoms with van der Waals surface area (Å²) < 4.78 is 39.5. The molecule has 1 aliphatic rings. The van der Waals surface area contributed by atoms with Crippen molar-refractivity contribution in [3.8, 4) is 0 Å². The fraction of sp³-hybridized carbons (Fsp3) is 0.538. The van der Waals surface area contributed by atoms with Gasteiger partial charge in [0.05, 0.1) is 11.5 Å². The van der Waals surface area contributed by atoms with Crippen LogP contribution < -0.4 is 5.32 Å². The van der Waals surface area contributed by atoms with Crippen molar-refractivity contribution in [2.45, 2.75) is 37.9 Å². The van der Waals surface area contributed by atoms with E-state index in [-0.39, 0.29) is 17.1 Å². The van der Waals surface area contributed by atoms with Gasteiger partial charge in [-0.25, -0.2) is 4.98 Å². The Labute approximate surface area is 133 Å². The zero-order valence-electron chi connectivity index (χ0n) is 10.9. The Hall–Kier alpha value is -0.820. The lowest BCUT2D eigenvalue weighted by atomic mass is 9.84. The summed E-state index contributed by atoms with van der Waals surface area (Å²) in [5, 5.41) is 2.42. The fourth-order valence-corrected chi connectivity index (χ4v) is 3.04. The van der Waals surface area contributed by atoms with Crippen molar-refractivity contribution in [1.29, 1.82) is 0 Å². The number of amides is 1. The van der Waals surface area contributed by atoms with Crippen molar-refractivity contribution in [2.75, 3.05) is 0 Å². The van der Waals surface area contributed by atoms with Crippen molar-refractivity contribution < 1.29 is 18.0 Å². The van der Waals surface area contributed by atoms with Crippen LogP contribution in [-0.2, 0) is 0 Å². The molecule has 0 aliphatic heterocycles. The van der Waals surface area contributed by atoms with Crippen molar-refractivity contribution >= 4 is 33.4 Å². The van der Waals surface area contributed by atoms with Gasteiger partial charge in [-0.1, -0.05) is 24.4 Å². The summed E-state index contributed by atoms with van der Waals surface area (Å²) in [4.78, 5) is 15.9. The van der Waals surface area contributed by atoms with Gasteiger partial charge in [0.1, 0.15) is 5.15 Å². The molecule has 0 aromatic carbocycles.